The van der Waals surface area contributed by atoms with Gasteiger partial charge in [0.2, 0.25) is 10.0 Å². The minimum absolute atomic E-state index is 0.121. The zero-order valence-corrected chi connectivity index (χ0v) is 15.4. The van der Waals surface area contributed by atoms with E-state index in [1.807, 2.05) is 13.8 Å². The van der Waals surface area contributed by atoms with Crippen LogP contribution in [0.2, 0.25) is 5.02 Å². The topological polar surface area (TPSA) is 64.6 Å². The van der Waals surface area contributed by atoms with Crippen LogP contribution in [-0.2, 0) is 10.0 Å². The molecule has 130 valence electrons. The van der Waals surface area contributed by atoms with Crippen LogP contribution in [0, 0.1) is 13.8 Å². The van der Waals surface area contributed by atoms with Crippen LogP contribution in [0.3, 0.4) is 0 Å². The van der Waals surface area contributed by atoms with Crippen molar-refractivity contribution in [3.63, 3.8) is 0 Å². The fraction of sp³-hybridized carbons (Fsp3) is 0.294. The molecule has 0 saturated carbocycles. The fourth-order valence-electron chi connectivity index (χ4n) is 2.11. The number of hydrogen-bond acceptors (Lipinski definition) is 4. The van der Waals surface area contributed by atoms with E-state index >= 15 is 0 Å². The zero-order chi connectivity index (χ0) is 17.7. The molecule has 0 heterocycles. The van der Waals surface area contributed by atoms with Crippen molar-refractivity contribution >= 4 is 21.6 Å². The van der Waals surface area contributed by atoms with Gasteiger partial charge in [-0.25, -0.2) is 13.1 Å². The minimum atomic E-state index is -3.69. The van der Waals surface area contributed by atoms with Gasteiger partial charge in [-0.15, -0.1) is 0 Å². The SMILES string of the molecule is COc1cc(C)c(C)cc1S(=O)(=O)NCCOc1cccc(Cl)c1. The first-order valence-electron chi connectivity index (χ1n) is 7.37. The standard InChI is InChI=1S/C17H20ClNO4S/c1-12-9-16(22-3)17(10-13(12)2)24(20,21)19-7-8-23-15-6-4-5-14(18)11-15/h4-6,9-11,19H,7-8H2,1-3H3. The summed E-state index contributed by atoms with van der Waals surface area (Å²) in [5.41, 5.74) is 1.85. The quantitative estimate of drug-likeness (QED) is 0.760. The average molecular weight is 370 g/mol. The largest absolute Gasteiger partial charge is 0.495 e. The van der Waals surface area contributed by atoms with Gasteiger partial charge < -0.3 is 9.47 Å². The molecule has 0 aliphatic heterocycles. The highest BCUT2D eigenvalue weighted by molar-refractivity contribution is 7.89. The molecule has 0 unspecified atom stereocenters. The van der Waals surface area contributed by atoms with Crippen LogP contribution >= 0.6 is 11.6 Å². The molecular weight excluding hydrogens is 350 g/mol. The van der Waals surface area contributed by atoms with Crippen molar-refractivity contribution in [2.24, 2.45) is 0 Å². The lowest BCUT2D eigenvalue weighted by Gasteiger charge is -2.13. The van der Waals surface area contributed by atoms with Crippen LogP contribution in [0.1, 0.15) is 11.1 Å². The Bertz CT molecular complexity index is 821. The molecule has 0 bridgehead atoms. The van der Waals surface area contributed by atoms with Crippen molar-refractivity contribution in [1.29, 1.82) is 0 Å². The molecule has 0 radical (unpaired) electrons. The van der Waals surface area contributed by atoms with E-state index < -0.39 is 10.0 Å². The third-order valence-corrected chi connectivity index (χ3v) is 5.25. The molecule has 0 aromatic heterocycles. The molecule has 0 spiro atoms. The first-order chi connectivity index (χ1) is 11.3. The molecule has 0 atom stereocenters. The van der Waals surface area contributed by atoms with Crippen LogP contribution in [-0.4, -0.2) is 28.7 Å². The molecule has 0 amide bonds. The van der Waals surface area contributed by atoms with Gasteiger partial charge in [-0.3, -0.25) is 0 Å². The normalized spacial score (nSPS) is 11.3. The molecule has 1 N–H and O–H groups in total. The van der Waals surface area contributed by atoms with Gasteiger partial charge in [0.15, 0.2) is 0 Å². The van der Waals surface area contributed by atoms with E-state index in [2.05, 4.69) is 4.72 Å². The van der Waals surface area contributed by atoms with Crippen LogP contribution in [0.25, 0.3) is 0 Å². The van der Waals surface area contributed by atoms with Gasteiger partial charge in [0.1, 0.15) is 23.0 Å². The third kappa shape index (κ3) is 4.63. The van der Waals surface area contributed by atoms with E-state index in [1.54, 1.807) is 36.4 Å². The van der Waals surface area contributed by atoms with Crippen LogP contribution in [0.5, 0.6) is 11.5 Å². The molecule has 5 nitrogen and oxygen atoms in total. The number of methoxy groups -OCH3 is 1. The number of rotatable bonds is 7. The Hall–Kier alpha value is -1.76. The van der Waals surface area contributed by atoms with Crippen molar-refractivity contribution in [3.05, 3.63) is 52.5 Å². The first kappa shape index (κ1) is 18.6. The Morgan fingerprint density at radius 1 is 1.12 bits per heavy atom. The molecule has 2 aromatic rings. The molecule has 24 heavy (non-hydrogen) atoms. The van der Waals surface area contributed by atoms with Crippen molar-refractivity contribution < 1.29 is 17.9 Å². The fourth-order valence-corrected chi connectivity index (χ4v) is 3.54. The van der Waals surface area contributed by atoms with Gasteiger partial charge >= 0.3 is 0 Å². The Morgan fingerprint density at radius 3 is 2.50 bits per heavy atom. The molecule has 2 rings (SSSR count). The maximum Gasteiger partial charge on any atom is 0.244 e. The second kappa shape index (κ2) is 7.88. The zero-order valence-electron chi connectivity index (χ0n) is 13.8. The minimum Gasteiger partial charge on any atom is -0.495 e. The summed E-state index contributed by atoms with van der Waals surface area (Å²) < 4.78 is 38.1. The first-order valence-corrected chi connectivity index (χ1v) is 9.23. The Balaban J connectivity index is 2.02. The lowest BCUT2D eigenvalue weighted by molar-refractivity contribution is 0.322. The number of halogens is 1. The molecule has 0 fully saturated rings. The lowest BCUT2D eigenvalue weighted by atomic mass is 10.1. The highest BCUT2D eigenvalue weighted by atomic mass is 35.5. The number of benzene rings is 2. The Labute approximate surface area is 147 Å². The maximum atomic E-state index is 12.5. The predicted molar refractivity (Wildman–Crippen MR) is 94.6 cm³/mol. The summed E-state index contributed by atoms with van der Waals surface area (Å²) in [5, 5.41) is 0.563. The van der Waals surface area contributed by atoms with Crippen LogP contribution in [0.15, 0.2) is 41.3 Å². The number of ether oxygens (including phenoxy) is 2. The Morgan fingerprint density at radius 2 is 1.83 bits per heavy atom. The van der Waals surface area contributed by atoms with E-state index in [-0.39, 0.29) is 18.0 Å². The molecule has 0 saturated heterocycles. The van der Waals surface area contributed by atoms with Gasteiger partial charge in [0.05, 0.1) is 7.11 Å². The maximum absolute atomic E-state index is 12.5. The summed E-state index contributed by atoms with van der Waals surface area (Å²) in [4.78, 5) is 0.121. The smallest absolute Gasteiger partial charge is 0.244 e. The molecular formula is C17H20ClNO4S. The number of hydrogen-bond donors (Lipinski definition) is 1. The van der Waals surface area contributed by atoms with Crippen molar-refractivity contribution in [3.8, 4) is 11.5 Å². The van der Waals surface area contributed by atoms with E-state index in [4.69, 9.17) is 21.1 Å². The highest BCUT2D eigenvalue weighted by Gasteiger charge is 2.20. The summed E-state index contributed by atoms with van der Waals surface area (Å²) in [6.45, 7) is 4.08. The monoisotopic (exact) mass is 369 g/mol. The van der Waals surface area contributed by atoms with Gasteiger partial charge in [0.25, 0.3) is 0 Å². The summed E-state index contributed by atoms with van der Waals surface area (Å²) in [6.07, 6.45) is 0. The van der Waals surface area contributed by atoms with Crippen molar-refractivity contribution in [2.45, 2.75) is 18.7 Å². The molecule has 7 heteroatoms. The number of sulfonamides is 1. The summed E-state index contributed by atoms with van der Waals surface area (Å²) in [6, 6.07) is 10.3. The molecule has 2 aromatic carbocycles. The second-order valence-electron chi connectivity index (χ2n) is 5.29. The predicted octanol–water partition coefficient (Wildman–Crippen LogP) is 3.32. The van der Waals surface area contributed by atoms with Gasteiger partial charge in [-0.05, 0) is 55.3 Å². The van der Waals surface area contributed by atoms with Gasteiger partial charge in [-0.1, -0.05) is 17.7 Å². The van der Waals surface area contributed by atoms with E-state index in [0.29, 0.717) is 16.5 Å². The van der Waals surface area contributed by atoms with E-state index in [9.17, 15) is 8.42 Å². The number of aryl methyl sites for hydroxylation is 2. The van der Waals surface area contributed by atoms with E-state index in [1.165, 1.54) is 7.11 Å². The van der Waals surface area contributed by atoms with Crippen LogP contribution in [0.4, 0.5) is 0 Å². The molecule has 0 aliphatic rings. The summed E-state index contributed by atoms with van der Waals surface area (Å²) >= 11 is 5.87. The highest BCUT2D eigenvalue weighted by Crippen LogP contribution is 2.27. The van der Waals surface area contributed by atoms with Gasteiger partial charge in [-0.2, -0.15) is 0 Å². The van der Waals surface area contributed by atoms with Crippen molar-refractivity contribution in [1.82, 2.24) is 4.72 Å². The average Bonchev–Trinajstić information content (AvgIpc) is 2.53. The van der Waals surface area contributed by atoms with Crippen molar-refractivity contribution in [2.75, 3.05) is 20.3 Å². The lowest BCUT2D eigenvalue weighted by Crippen LogP contribution is -2.28. The van der Waals surface area contributed by atoms with Crippen LogP contribution < -0.4 is 14.2 Å². The third-order valence-electron chi connectivity index (χ3n) is 3.53. The summed E-state index contributed by atoms with van der Waals surface area (Å²) in [7, 11) is -2.24. The van der Waals surface area contributed by atoms with Gasteiger partial charge in [0, 0.05) is 11.6 Å². The van der Waals surface area contributed by atoms with E-state index in [0.717, 1.165) is 11.1 Å². The molecule has 0 aliphatic carbocycles. The number of nitrogens with one attached hydrogen (secondary N) is 1. The summed E-state index contributed by atoms with van der Waals surface area (Å²) in [5.74, 6) is 0.909. The second-order valence-corrected chi connectivity index (χ2v) is 7.46. The Kier molecular flexibility index (Phi) is 6.10.